The van der Waals surface area contributed by atoms with Gasteiger partial charge >= 0.3 is 5.97 Å². The lowest BCUT2D eigenvalue weighted by Crippen LogP contribution is -2.51. The predicted molar refractivity (Wildman–Crippen MR) is 371 cm³/mol. The number of aliphatic carboxylic acids is 1. The zero-order valence-electron chi connectivity index (χ0n) is 51.3. The Morgan fingerprint density at radius 1 is 0.521 bits per heavy atom. The molecule has 6 heterocycles. The number of rotatable bonds is 15. The highest BCUT2D eigenvalue weighted by Crippen LogP contribution is 2.45. The van der Waals surface area contributed by atoms with Gasteiger partial charge in [-0.3, -0.25) is 14.4 Å². The first kappa shape index (κ1) is 68.0. The van der Waals surface area contributed by atoms with Gasteiger partial charge in [0, 0.05) is 61.7 Å². The van der Waals surface area contributed by atoms with Crippen LogP contribution in [-0.4, -0.2) is 87.1 Å². The number of aromatic nitrogens is 2. The van der Waals surface area contributed by atoms with Crippen LogP contribution in [0.2, 0.25) is 0 Å². The Morgan fingerprint density at radius 2 is 0.904 bits per heavy atom. The van der Waals surface area contributed by atoms with Crippen LogP contribution >= 0.6 is 22.7 Å². The molecule has 8 N–H and O–H groups in total. The number of carboxylic acids is 1. The number of carboxylic acid groups (broad SMARTS) is 1. The standard InChI is InChI=1S/C37H32F2N4O2S.C29H26F2N2OS.C8H8N2O2.CH4/c1-22-23(2)36(46-33(22)19-42-35(44)16-4-24-3-15-34(40)41-18-24)31-14-11-28(17-32(31)26-9-12-29(38)13-10-26)25-5-7-27(8-6-25)37(45)43-20-30(39)21-43;1-17-18(2)28(35-27(17)14-32)25-12-9-22(13-26(25)20-7-10-23(30)11-8-20)19-3-5-21(6-4-19)29(34)33-15-24(31)16-33;9-7-3-1-6(5-10-7)2-4-8(11)12;/h3-18,30H,19-21H2,1-2H3,(H2,40,41)(H,42,44);3-13,24H,14-16,32H2,1-2H3;1-5H,(H2,9,10)(H,11,12);1H4/b16-4+;;4-2+;. The van der Waals surface area contributed by atoms with Crippen molar-refractivity contribution in [1.82, 2.24) is 25.1 Å². The van der Waals surface area contributed by atoms with Crippen LogP contribution < -0.4 is 22.5 Å². The van der Waals surface area contributed by atoms with Crippen molar-refractivity contribution in [3.05, 3.63) is 248 Å². The Hall–Kier alpha value is -10.3. The summed E-state index contributed by atoms with van der Waals surface area (Å²) in [6, 6.07) is 46.9. The van der Waals surface area contributed by atoms with E-state index in [1.54, 1.807) is 108 Å². The highest BCUT2D eigenvalue weighted by atomic mass is 32.1. The van der Waals surface area contributed by atoms with E-state index in [1.165, 1.54) is 63.5 Å². The fourth-order valence-corrected chi connectivity index (χ4v) is 13.0. The summed E-state index contributed by atoms with van der Waals surface area (Å²) in [5, 5.41) is 11.3. The Bertz CT molecular complexity index is 4410. The number of nitrogens with one attached hydrogen (secondary N) is 1. The van der Waals surface area contributed by atoms with Crippen LogP contribution in [0.25, 0.3) is 77.5 Å². The van der Waals surface area contributed by atoms with Gasteiger partial charge in [0.05, 0.1) is 32.7 Å². The summed E-state index contributed by atoms with van der Waals surface area (Å²) < 4.78 is 54.0. The molecule has 10 aromatic rings. The number of carbonyl (C=O) groups is 4. The molecule has 480 valence electrons. The molecular formula is C75H70F4N8O5S2. The number of benzene rings is 6. The number of alkyl halides is 2. The van der Waals surface area contributed by atoms with Crippen molar-refractivity contribution in [2.45, 2.75) is 60.6 Å². The highest BCUT2D eigenvalue weighted by molar-refractivity contribution is 7.16. The Balaban J connectivity index is 0.000000191. The second-order valence-corrected chi connectivity index (χ2v) is 24.7. The number of amides is 3. The molecule has 0 saturated carbocycles. The Kier molecular flexibility index (Phi) is 22.0. The van der Waals surface area contributed by atoms with Gasteiger partial charge in [-0.25, -0.2) is 32.3 Å². The summed E-state index contributed by atoms with van der Waals surface area (Å²) in [7, 11) is 0. The number of hydrogen-bond acceptors (Lipinski definition) is 11. The summed E-state index contributed by atoms with van der Waals surface area (Å²) in [6.07, 6.45) is 6.92. The van der Waals surface area contributed by atoms with Crippen LogP contribution in [0.4, 0.5) is 29.2 Å². The molecule has 6 aromatic carbocycles. The number of halogens is 4. The maximum atomic E-state index is 13.9. The van der Waals surface area contributed by atoms with E-state index in [0.717, 1.165) is 97.9 Å². The van der Waals surface area contributed by atoms with E-state index in [1.807, 2.05) is 30.3 Å². The molecule has 0 radical (unpaired) electrons. The fourth-order valence-electron chi connectivity index (χ4n) is 10.5. The minimum atomic E-state index is -0.980. The van der Waals surface area contributed by atoms with Gasteiger partial charge in [-0.2, -0.15) is 0 Å². The zero-order valence-corrected chi connectivity index (χ0v) is 52.9. The first-order valence-electron chi connectivity index (χ1n) is 29.8. The van der Waals surface area contributed by atoms with Gasteiger partial charge in [-0.15, -0.1) is 22.7 Å². The molecule has 0 bridgehead atoms. The largest absolute Gasteiger partial charge is 0.478 e. The van der Waals surface area contributed by atoms with E-state index in [2.05, 4.69) is 73.3 Å². The molecule has 3 amide bonds. The third kappa shape index (κ3) is 16.3. The number of nitrogens with zero attached hydrogens (tertiary/aromatic N) is 4. The van der Waals surface area contributed by atoms with Crippen LogP contribution in [0, 0.1) is 39.3 Å². The lowest BCUT2D eigenvalue weighted by atomic mass is 9.92. The molecule has 2 aliphatic heterocycles. The van der Waals surface area contributed by atoms with Gasteiger partial charge in [-0.1, -0.05) is 80.2 Å². The average molecular weight is 1300 g/mol. The topological polar surface area (TPSA) is 211 Å². The van der Waals surface area contributed by atoms with Gasteiger partial charge in [0.15, 0.2) is 0 Å². The molecule has 0 unspecified atom stereocenters. The van der Waals surface area contributed by atoms with Gasteiger partial charge < -0.3 is 37.4 Å². The number of pyridine rings is 2. The molecule has 0 spiro atoms. The van der Waals surface area contributed by atoms with Crippen LogP contribution in [-0.2, 0) is 22.7 Å². The summed E-state index contributed by atoms with van der Waals surface area (Å²) in [5.74, 6) is -1.27. The molecule has 94 heavy (non-hydrogen) atoms. The third-order valence-corrected chi connectivity index (χ3v) is 19.1. The van der Waals surface area contributed by atoms with Crippen molar-refractivity contribution in [2.24, 2.45) is 5.73 Å². The monoisotopic (exact) mass is 1300 g/mol. The minimum absolute atomic E-state index is 0. The molecule has 13 nitrogen and oxygen atoms in total. The number of nitrogen functional groups attached to an aromatic ring is 2. The number of anilines is 2. The van der Waals surface area contributed by atoms with Crippen LogP contribution in [0.15, 0.2) is 182 Å². The number of thiophene rings is 2. The molecule has 2 aliphatic rings. The van der Waals surface area contributed by atoms with Gasteiger partial charge in [0.2, 0.25) is 5.91 Å². The number of carbonyl (C=O) groups excluding carboxylic acids is 3. The average Bonchev–Trinajstić information content (AvgIpc) is 1.49. The maximum absolute atomic E-state index is 13.9. The lowest BCUT2D eigenvalue weighted by molar-refractivity contribution is -0.131. The van der Waals surface area contributed by atoms with E-state index in [0.29, 0.717) is 41.4 Å². The van der Waals surface area contributed by atoms with Crippen LogP contribution in [0.3, 0.4) is 0 Å². The fraction of sp³-hybridized carbons (Fsp3) is 0.173. The van der Waals surface area contributed by atoms with Crippen molar-refractivity contribution in [2.75, 3.05) is 37.6 Å². The lowest BCUT2D eigenvalue weighted by Gasteiger charge is -2.34. The molecule has 0 aliphatic carbocycles. The van der Waals surface area contributed by atoms with Crippen molar-refractivity contribution >= 4 is 70.2 Å². The molecule has 0 atom stereocenters. The number of likely N-dealkylation sites (tertiary alicyclic amines) is 2. The van der Waals surface area contributed by atoms with Crippen molar-refractivity contribution < 1.29 is 41.8 Å². The molecule has 2 fully saturated rings. The smallest absolute Gasteiger partial charge is 0.328 e. The van der Waals surface area contributed by atoms with Crippen molar-refractivity contribution in [1.29, 1.82) is 0 Å². The summed E-state index contributed by atoms with van der Waals surface area (Å²) >= 11 is 3.32. The maximum Gasteiger partial charge on any atom is 0.328 e. The zero-order chi connectivity index (χ0) is 66.0. The second-order valence-electron chi connectivity index (χ2n) is 22.5. The quantitative estimate of drug-likeness (QED) is 0.0484. The molecule has 19 heteroatoms. The van der Waals surface area contributed by atoms with Crippen LogP contribution in [0.5, 0.6) is 0 Å². The van der Waals surface area contributed by atoms with Crippen LogP contribution in [0.1, 0.15) is 71.3 Å². The normalized spacial score (nSPS) is 12.9. The summed E-state index contributed by atoms with van der Waals surface area (Å²) in [6.45, 7) is 9.80. The molecule has 4 aromatic heterocycles. The van der Waals surface area contributed by atoms with E-state index >= 15 is 0 Å². The summed E-state index contributed by atoms with van der Waals surface area (Å²) in [5.41, 5.74) is 33.7. The van der Waals surface area contributed by atoms with E-state index in [-0.39, 0.29) is 63.0 Å². The third-order valence-electron chi connectivity index (χ3n) is 16.2. The molecule has 2 saturated heterocycles. The number of nitrogens with two attached hydrogens (primary N) is 3. The van der Waals surface area contributed by atoms with E-state index < -0.39 is 18.3 Å². The van der Waals surface area contributed by atoms with E-state index in [4.69, 9.17) is 22.3 Å². The molecule has 12 rings (SSSR count). The highest BCUT2D eigenvalue weighted by Gasteiger charge is 2.32. The van der Waals surface area contributed by atoms with E-state index in [9.17, 15) is 36.7 Å². The predicted octanol–water partition coefficient (Wildman–Crippen LogP) is 15.8. The Morgan fingerprint density at radius 3 is 1.28 bits per heavy atom. The van der Waals surface area contributed by atoms with Gasteiger partial charge in [0.1, 0.15) is 35.6 Å². The van der Waals surface area contributed by atoms with Crippen molar-refractivity contribution in [3.8, 4) is 65.4 Å². The summed E-state index contributed by atoms with van der Waals surface area (Å²) in [4.78, 5) is 63.1. The Labute approximate surface area is 551 Å². The second kappa shape index (κ2) is 30.4. The first-order valence-corrected chi connectivity index (χ1v) is 31.4. The first-order chi connectivity index (χ1) is 44.7. The SMILES string of the molecule is C.Cc1c(CN)sc(-c2ccc(-c3ccc(C(=O)N4CC(F)C4)cc3)cc2-c2ccc(F)cc2)c1C.Cc1c(CNC(=O)/C=C/c2ccc(N)nc2)sc(-c2ccc(-c3ccc(C(=O)N4CC(F)C4)cc3)cc2-c2ccc(F)cc2)c1C.Nc1ccc(/C=C/C(=O)O)cn1. The molecular weight excluding hydrogens is 1230 g/mol. The van der Waals surface area contributed by atoms with Crippen molar-refractivity contribution in [3.63, 3.8) is 0 Å². The minimum Gasteiger partial charge on any atom is -0.478 e. The number of hydrogen-bond donors (Lipinski definition) is 5. The van der Waals surface area contributed by atoms with Gasteiger partial charge in [0.25, 0.3) is 11.8 Å². The van der Waals surface area contributed by atoms with Gasteiger partial charge in [-0.05, 0) is 214 Å².